The van der Waals surface area contributed by atoms with Crippen LogP contribution in [-0.4, -0.2) is 24.7 Å². The molecule has 26 heavy (non-hydrogen) atoms. The molecule has 2 unspecified atom stereocenters. The topological polar surface area (TPSA) is 92.5 Å². The number of halogens is 1. The van der Waals surface area contributed by atoms with Gasteiger partial charge in [-0.1, -0.05) is 29.8 Å². The normalized spacial score (nSPS) is 20.9. The fourth-order valence-electron chi connectivity index (χ4n) is 3.30. The Kier molecular flexibility index (Phi) is 5.08. The van der Waals surface area contributed by atoms with Crippen LogP contribution < -0.4 is 11.3 Å². The van der Waals surface area contributed by atoms with Crippen LogP contribution in [0.15, 0.2) is 53.4 Å². The van der Waals surface area contributed by atoms with E-state index in [-0.39, 0.29) is 4.90 Å². The molecular formula is C18H20FN3O3S. The lowest BCUT2D eigenvalue weighted by Gasteiger charge is -2.28. The predicted molar refractivity (Wildman–Crippen MR) is 94.7 cm³/mol. The molecule has 2 aromatic carbocycles. The Morgan fingerprint density at radius 1 is 1.12 bits per heavy atom. The van der Waals surface area contributed by atoms with Crippen molar-refractivity contribution in [3.63, 3.8) is 0 Å². The van der Waals surface area contributed by atoms with Gasteiger partial charge in [-0.3, -0.25) is 10.2 Å². The molecular weight excluding hydrogens is 357 g/mol. The highest BCUT2D eigenvalue weighted by Gasteiger charge is 2.46. The number of sulfonamides is 1. The Balaban J connectivity index is 2.07. The van der Waals surface area contributed by atoms with E-state index in [9.17, 15) is 17.6 Å². The fraction of sp³-hybridized carbons (Fsp3) is 0.278. The van der Waals surface area contributed by atoms with Crippen molar-refractivity contribution in [2.45, 2.75) is 36.7 Å². The molecule has 0 aromatic heterocycles. The average molecular weight is 377 g/mol. The largest absolute Gasteiger partial charge is 0.293 e. The zero-order chi connectivity index (χ0) is 18.9. The van der Waals surface area contributed by atoms with Crippen molar-refractivity contribution in [3.8, 4) is 0 Å². The van der Waals surface area contributed by atoms with E-state index in [1.54, 1.807) is 24.3 Å². The number of nitrogens with two attached hydrogens (primary N) is 1. The summed E-state index contributed by atoms with van der Waals surface area (Å²) < 4.78 is 41.0. The molecule has 0 aliphatic carbocycles. The highest BCUT2D eigenvalue weighted by Crippen LogP contribution is 2.40. The van der Waals surface area contributed by atoms with E-state index < -0.39 is 33.8 Å². The number of benzene rings is 2. The summed E-state index contributed by atoms with van der Waals surface area (Å²) >= 11 is 0. The van der Waals surface area contributed by atoms with Gasteiger partial charge in [-0.25, -0.2) is 18.7 Å². The maximum absolute atomic E-state index is 13.3. The van der Waals surface area contributed by atoms with E-state index in [1.807, 2.05) is 12.3 Å². The number of hydrazine groups is 1. The second-order valence-corrected chi connectivity index (χ2v) is 8.16. The van der Waals surface area contributed by atoms with E-state index >= 15 is 0 Å². The number of hydrogen-bond acceptors (Lipinski definition) is 4. The molecule has 6 nitrogen and oxygen atoms in total. The molecule has 2 aromatic rings. The van der Waals surface area contributed by atoms with Gasteiger partial charge in [0.2, 0.25) is 10.0 Å². The molecule has 1 fully saturated rings. The van der Waals surface area contributed by atoms with Crippen LogP contribution in [0.2, 0.25) is 0 Å². The van der Waals surface area contributed by atoms with Crippen LogP contribution in [0.3, 0.4) is 0 Å². The van der Waals surface area contributed by atoms with Crippen molar-refractivity contribution in [1.82, 2.24) is 9.73 Å². The van der Waals surface area contributed by atoms with Crippen molar-refractivity contribution >= 4 is 15.9 Å². The van der Waals surface area contributed by atoms with Gasteiger partial charge in [-0.05, 0) is 49.6 Å². The first-order valence-corrected chi connectivity index (χ1v) is 9.64. The molecule has 138 valence electrons. The summed E-state index contributed by atoms with van der Waals surface area (Å²) in [5, 5.41) is 0. The van der Waals surface area contributed by atoms with Gasteiger partial charge in [-0.15, -0.1) is 0 Å². The third kappa shape index (κ3) is 3.35. The van der Waals surface area contributed by atoms with Crippen molar-refractivity contribution in [2.24, 2.45) is 5.84 Å². The molecule has 1 saturated heterocycles. The Bertz CT molecular complexity index is 898. The van der Waals surface area contributed by atoms with Crippen molar-refractivity contribution < 1.29 is 17.6 Å². The first kappa shape index (κ1) is 18.5. The van der Waals surface area contributed by atoms with E-state index in [2.05, 4.69) is 0 Å². The number of rotatable bonds is 4. The van der Waals surface area contributed by atoms with Gasteiger partial charge in [0.05, 0.1) is 10.9 Å². The van der Waals surface area contributed by atoms with Gasteiger partial charge >= 0.3 is 0 Å². The van der Waals surface area contributed by atoms with E-state index in [0.717, 1.165) is 5.56 Å². The highest BCUT2D eigenvalue weighted by molar-refractivity contribution is 7.89. The molecule has 1 aliphatic heterocycles. The Morgan fingerprint density at radius 2 is 1.73 bits per heavy atom. The number of amides is 1. The van der Waals surface area contributed by atoms with Crippen LogP contribution in [-0.2, 0) is 14.8 Å². The second-order valence-electron chi connectivity index (χ2n) is 6.32. The molecule has 3 rings (SSSR count). The smallest absolute Gasteiger partial charge is 0.252 e. The van der Waals surface area contributed by atoms with Crippen LogP contribution in [0.4, 0.5) is 4.39 Å². The maximum Gasteiger partial charge on any atom is 0.252 e. The summed E-state index contributed by atoms with van der Waals surface area (Å²) in [6.45, 7) is 1.86. The van der Waals surface area contributed by atoms with E-state index in [4.69, 9.17) is 5.84 Å². The Hall–Kier alpha value is -2.29. The summed E-state index contributed by atoms with van der Waals surface area (Å²) in [7, 11) is -3.94. The molecule has 1 heterocycles. The summed E-state index contributed by atoms with van der Waals surface area (Å²) in [6.07, 6.45) is 0.769. The van der Waals surface area contributed by atoms with Gasteiger partial charge in [-0.2, -0.15) is 4.31 Å². The molecule has 1 amide bonds. The Morgan fingerprint density at radius 3 is 2.31 bits per heavy atom. The number of nitrogens with zero attached hydrogens (tertiary/aromatic N) is 1. The van der Waals surface area contributed by atoms with Gasteiger partial charge in [0, 0.05) is 0 Å². The molecule has 8 heteroatoms. The number of carbonyl (C=O) groups is 1. The first-order chi connectivity index (χ1) is 12.3. The predicted octanol–water partition coefficient (Wildman–Crippen LogP) is 2.02. The van der Waals surface area contributed by atoms with Crippen LogP contribution in [0.5, 0.6) is 0 Å². The Labute approximate surface area is 151 Å². The van der Waals surface area contributed by atoms with Gasteiger partial charge in [0.15, 0.2) is 0 Å². The van der Waals surface area contributed by atoms with Crippen molar-refractivity contribution in [1.29, 1.82) is 0 Å². The summed E-state index contributed by atoms with van der Waals surface area (Å²) in [5.74, 6) is 4.28. The van der Waals surface area contributed by atoms with Gasteiger partial charge < -0.3 is 0 Å². The molecule has 0 radical (unpaired) electrons. The second kappa shape index (κ2) is 7.14. The van der Waals surface area contributed by atoms with Crippen LogP contribution in [0.1, 0.15) is 30.0 Å². The van der Waals surface area contributed by atoms with Crippen LogP contribution in [0, 0.1) is 12.7 Å². The number of aryl methyl sites for hydroxylation is 1. The standard InChI is InChI=1S/C18H20FN3O3S/c1-12-2-8-15(9-3-12)26(24,25)22-16(10-11-17(22)18(23)21-20)13-4-6-14(19)7-5-13/h2-9,16-17H,10-11,20H2,1H3,(H,21,23). The molecule has 0 saturated carbocycles. The zero-order valence-electron chi connectivity index (χ0n) is 14.2. The minimum atomic E-state index is -3.94. The number of carbonyl (C=O) groups excluding carboxylic acids is 1. The third-order valence-corrected chi connectivity index (χ3v) is 6.56. The highest BCUT2D eigenvalue weighted by atomic mass is 32.2. The fourth-order valence-corrected chi connectivity index (χ4v) is 5.12. The molecule has 0 bridgehead atoms. The summed E-state index contributed by atoms with van der Waals surface area (Å²) in [4.78, 5) is 12.3. The number of hydrogen-bond donors (Lipinski definition) is 2. The summed E-state index contributed by atoms with van der Waals surface area (Å²) in [5.41, 5.74) is 3.61. The summed E-state index contributed by atoms with van der Waals surface area (Å²) in [6, 6.07) is 10.6. The first-order valence-electron chi connectivity index (χ1n) is 8.20. The quantitative estimate of drug-likeness (QED) is 0.484. The zero-order valence-corrected chi connectivity index (χ0v) is 15.0. The van der Waals surface area contributed by atoms with Crippen molar-refractivity contribution in [2.75, 3.05) is 0 Å². The monoisotopic (exact) mass is 377 g/mol. The van der Waals surface area contributed by atoms with E-state index in [0.29, 0.717) is 18.4 Å². The maximum atomic E-state index is 13.3. The number of nitrogens with one attached hydrogen (secondary N) is 1. The van der Waals surface area contributed by atoms with Crippen LogP contribution >= 0.6 is 0 Å². The SMILES string of the molecule is Cc1ccc(S(=O)(=O)N2C(C(=O)NN)CCC2c2ccc(F)cc2)cc1. The van der Waals surface area contributed by atoms with Crippen LogP contribution in [0.25, 0.3) is 0 Å². The van der Waals surface area contributed by atoms with E-state index in [1.165, 1.54) is 28.6 Å². The third-order valence-electron chi connectivity index (χ3n) is 4.62. The lowest BCUT2D eigenvalue weighted by molar-refractivity contribution is -0.124. The van der Waals surface area contributed by atoms with Crippen molar-refractivity contribution in [3.05, 3.63) is 65.5 Å². The molecule has 0 spiro atoms. The lowest BCUT2D eigenvalue weighted by atomic mass is 10.1. The molecule has 3 N–H and O–H groups in total. The van der Waals surface area contributed by atoms with Gasteiger partial charge in [0.25, 0.3) is 5.91 Å². The average Bonchev–Trinajstić information content (AvgIpc) is 3.08. The molecule has 2 atom stereocenters. The van der Waals surface area contributed by atoms with Gasteiger partial charge in [0.1, 0.15) is 11.9 Å². The minimum absolute atomic E-state index is 0.104. The lowest BCUT2D eigenvalue weighted by Crippen LogP contribution is -2.48. The molecule has 1 aliphatic rings. The minimum Gasteiger partial charge on any atom is -0.293 e.